The lowest BCUT2D eigenvalue weighted by molar-refractivity contribution is -0.151. The molecule has 0 aromatic rings. The number of carbonyl (C=O) groups is 1. The van der Waals surface area contributed by atoms with Gasteiger partial charge in [-0.1, -0.05) is 41.0 Å². The molecule has 1 saturated heterocycles. The number of ether oxygens (including phenoxy) is 1. The summed E-state index contributed by atoms with van der Waals surface area (Å²) in [5.74, 6) is -0.935. The third kappa shape index (κ3) is 6.39. The minimum Gasteiger partial charge on any atom is -0.462 e. The Hall–Kier alpha value is -0.610. The van der Waals surface area contributed by atoms with Gasteiger partial charge >= 0.3 is 11.8 Å². The van der Waals surface area contributed by atoms with Gasteiger partial charge < -0.3 is 4.74 Å². The molecule has 0 bridgehead atoms. The fourth-order valence-electron chi connectivity index (χ4n) is 1.81. The maximum absolute atomic E-state index is 11.8. The van der Waals surface area contributed by atoms with Crippen LogP contribution in [0.5, 0.6) is 0 Å². The number of esters is 1. The summed E-state index contributed by atoms with van der Waals surface area (Å²) >= 11 is 0. The molecule has 0 spiro atoms. The summed E-state index contributed by atoms with van der Waals surface area (Å²) in [7, 11) is 0. The van der Waals surface area contributed by atoms with Crippen molar-refractivity contribution in [2.24, 2.45) is 11.3 Å². The van der Waals surface area contributed by atoms with Gasteiger partial charge in [-0.3, -0.25) is 0 Å². The molecule has 1 aliphatic heterocycles. The molecule has 1 rings (SSSR count). The van der Waals surface area contributed by atoms with Crippen molar-refractivity contribution in [3.63, 3.8) is 0 Å². The van der Waals surface area contributed by atoms with Gasteiger partial charge in [-0.15, -0.1) is 0 Å². The van der Waals surface area contributed by atoms with Crippen LogP contribution in [0.2, 0.25) is 0 Å². The largest absolute Gasteiger partial charge is 0.462 e. The molecule has 0 N–H and O–H groups in total. The van der Waals surface area contributed by atoms with Gasteiger partial charge in [0.25, 0.3) is 0 Å². The first-order valence-electron chi connectivity index (χ1n) is 7.29. The highest BCUT2D eigenvalue weighted by Crippen LogP contribution is 2.37. The molecule has 1 fully saturated rings. The first-order chi connectivity index (χ1) is 8.75. The van der Waals surface area contributed by atoms with Crippen molar-refractivity contribution in [2.45, 2.75) is 72.5 Å². The van der Waals surface area contributed by atoms with Crippen LogP contribution in [-0.4, -0.2) is 18.4 Å². The van der Waals surface area contributed by atoms with E-state index >= 15 is 0 Å². The van der Waals surface area contributed by atoms with Crippen LogP contribution in [0.4, 0.5) is 0 Å². The summed E-state index contributed by atoms with van der Waals surface area (Å²) in [6, 6.07) is 0. The van der Waals surface area contributed by atoms with Crippen LogP contribution < -0.4 is 0 Å². The maximum atomic E-state index is 11.8. The number of carbonyl (C=O) groups excluding carboxylic acids is 1. The molecule has 1 heterocycles. The fraction of sp³-hybridized carbons (Fsp3) is 0.933. The van der Waals surface area contributed by atoms with E-state index in [0.717, 1.165) is 25.7 Å². The van der Waals surface area contributed by atoms with Crippen molar-refractivity contribution in [1.29, 1.82) is 0 Å². The van der Waals surface area contributed by atoms with Crippen LogP contribution in [0.15, 0.2) is 0 Å². The molecule has 0 aromatic heterocycles. The normalized spacial score (nSPS) is 17.6. The first kappa shape index (κ1) is 16.4. The molecule has 4 nitrogen and oxygen atoms in total. The third-order valence-corrected chi connectivity index (χ3v) is 3.21. The number of hydrogen-bond acceptors (Lipinski definition) is 4. The second-order valence-corrected chi connectivity index (χ2v) is 7.01. The molecule has 19 heavy (non-hydrogen) atoms. The van der Waals surface area contributed by atoms with Crippen LogP contribution in [0.25, 0.3) is 0 Å². The van der Waals surface area contributed by atoms with Gasteiger partial charge in [-0.05, 0) is 30.6 Å². The van der Waals surface area contributed by atoms with Crippen molar-refractivity contribution >= 4 is 5.97 Å². The van der Waals surface area contributed by atoms with E-state index in [0.29, 0.717) is 24.4 Å². The third-order valence-electron chi connectivity index (χ3n) is 3.21. The fourth-order valence-corrected chi connectivity index (χ4v) is 1.81. The van der Waals surface area contributed by atoms with Crippen molar-refractivity contribution in [2.75, 3.05) is 6.61 Å². The molecule has 0 atom stereocenters. The van der Waals surface area contributed by atoms with Gasteiger partial charge in [0.2, 0.25) is 0 Å². The molecular weight excluding hydrogens is 244 g/mol. The summed E-state index contributed by atoms with van der Waals surface area (Å²) in [5, 5.41) is 0. The number of unbranched alkanes of at least 4 members (excludes halogenated alkanes) is 1. The maximum Gasteiger partial charge on any atom is 0.372 e. The number of rotatable bonds is 8. The van der Waals surface area contributed by atoms with E-state index in [1.54, 1.807) is 0 Å². The Morgan fingerprint density at radius 2 is 1.84 bits per heavy atom. The molecule has 0 saturated carbocycles. The number of hydrogen-bond donors (Lipinski definition) is 0. The van der Waals surface area contributed by atoms with Gasteiger partial charge in [0.1, 0.15) is 0 Å². The van der Waals surface area contributed by atoms with Crippen molar-refractivity contribution in [3.8, 4) is 0 Å². The summed E-state index contributed by atoms with van der Waals surface area (Å²) in [6.07, 6.45) is 4.56. The monoisotopic (exact) mass is 272 g/mol. The van der Waals surface area contributed by atoms with E-state index in [4.69, 9.17) is 14.5 Å². The first-order valence-corrected chi connectivity index (χ1v) is 7.29. The van der Waals surface area contributed by atoms with E-state index in [2.05, 4.69) is 34.6 Å². The molecule has 0 radical (unpaired) electrons. The lowest BCUT2D eigenvalue weighted by Crippen LogP contribution is -2.27. The highest BCUT2D eigenvalue weighted by atomic mass is 17.4. The molecule has 0 unspecified atom stereocenters. The molecule has 0 aromatic carbocycles. The Morgan fingerprint density at radius 3 is 2.32 bits per heavy atom. The standard InChI is InChI=1S/C15H28O4/c1-12(2)8-11-17-13(16)15(18-19-15)10-7-6-9-14(3,4)5/h12H,6-11H2,1-5H3. The smallest absolute Gasteiger partial charge is 0.372 e. The van der Waals surface area contributed by atoms with Gasteiger partial charge in [0.15, 0.2) is 0 Å². The summed E-state index contributed by atoms with van der Waals surface area (Å²) in [6.45, 7) is 11.3. The van der Waals surface area contributed by atoms with Gasteiger partial charge in [-0.25, -0.2) is 4.79 Å². The predicted molar refractivity (Wildman–Crippen MR) is 73.2 cm³/mol. The highest BCUT2D eigenvalue weighted by Gasteiger charge is 2.57. The summed E-state index contributed by atoms with van der Waals surface area (Å²) in [4.78, 5) is 21.6. The zero-order valence-corrected chi connectivity index (χ0v) is 13.0. The molecule has 0 amide bonds. The molecule has 112 valence electrons. The van der Waals surface area contributed by atoms with E-state index in [-0.39, 0.29) is 5.97 Å². The zero-order chi connectivity index (χ0) is 14.5. The average molecular weight is 272 g/mol. The molecular formula is C15H28O4. The highest BCUT2D eigenvalue weighted by molar-refractivity contribution is 5.79. The minimum atomic E-state index is -1.09. The van der Waals surface area contributed by atoms with Crippen LogP contribution in [0, 0.1) is 11.3 Å². The van der Waals surface area contributed by atoms with Crippen molar-refractivity contribution in [1.82, 2.24) is 0 Å². The lowest BCUT2D eigenvalue weighted by Gasteiger charge is -2.17. The second-order valence-electron chi connectivity index (χ2n) is 7.01. The Bertz CT molecular complexity index is 287. The van der Waals surface area contributed by atoms with Gasteiger partial charge in [0.05, 0.1) is 6.61 Å². The van der Waals surface area contributed by atoms with E-state index < -0.39 is 5.79 Å². The van der Waals surface area contributed by atoms with Crippen LogP contribution in [0.1, 0.15) is 66.7 Å². The quantitative estimate of drug-likeness (QED) is 0.291. The Balaban J connectivity index is 2.19. The predicted octanol–water partition coefficient (Wildman–Crippen LogP) is 3.84. The zero-order valence-electron chi connectivity index (χ0n) is 13.0. The Kier molecular flexibility index (Phi) is 5.81. The molecule has 1 aliphatic rings. The molecule has 0 aliphatic carbocycles. The molecule has 4 heteroatoms. The van der Waals surface area contributed by atoms with Crippen molar-refractivity contribution in [3.05, 3.63) is 0 Å². The summed E-state index contributed by atoms with van der Waals surface area (Å²) in [5.41, 5.74) is 0.330. The van der Waals surface area contributed by atoms with Crippen LogP contribution >= 0.6 is 0 Å². The topological polar surface area (TPSA) is 51.4 Å². The van der Waals surface area contributed by atoms with Crippen LogP contribution in [0.3, 0.4) is 0 Å². The Labute approximate surface area is 116 Å². The van der Waals surface area contributed by atoms with Crippen LogP contribution in [-0.2, 0) is 19.3 Å². The SMILES string of the molecule is CC(C)CCOC(=O)C1(CCCCC(C)(C)C)OO1. The van der Waals surface area contributed by atoms with Gasteiger partial charge in [0, 0.05) is 6.42 Å². The van der Waals surface area contributed by atoms with E-state index in [9.17, 15) is 4.79 Å². The van der Waals surface area contributed by atoms with Crippen molar-refractivity contribution < 1.29 is 19.3 Å². The second kappa shape index (κ2) is 6.71. The van der Waals surface area contributed by atoms with Gasteiger partial charge in [-0.2, -0.15) is 9.78 Å². The van der Waals surface area contributed by atoms with E-state index in [1.165, 1.54) is 0 Å². The average Bonchev–Trinajstić information content (AvgIpc) is 3.03. The minimum absolute atomic E-state index is 0.330. The summed E-state index contributed by atoms with van der Waals surface area (Å²) < 4.78 is 5.19. The van der Waals surface area contributed by atoms with E-state index in [1.807, 2.05) is 0 Å². The lowest BCUT2D eigenvalue weighted by atomic mass is 9.89. The Morgan fingerprint density at radius 1 is 1.21 bits per heavy atom.